The Labute approximate surface area is 179 Å². The van der Waals surface area contributed by atoms with Crippen molar-refractivity contribution >= 4 is 17.6 Å². The van der Waals surface area contributed by atoms with E-state index in [2.05, 4.69) is 32.0 Å². The number of aliphatic hydroxyl groups is 1. The molecule has 1 saturated heterocycles. The van der Waals surface area contributed by atoms with Crippen molar-refractivity contribution in [3.8, 4) is 11.8 Å². The van der Waals surface area contributed by atoms with Crippen LogP contribution in [0.1, 0.15) is 18.2 Å². The molecule has 0 unspecified atom stereocenters. The molecule has 0 aliphatic carbocycles. The highest BCUT2D eigenvalue weighted by atomic mass is 16.5. The van der Waals surface area contributed by atoms with Crippen LogP contribution in [0.3, 0.4) is 0 Å². The molecule has 10 heteroatoms. The molecule has 4 N–H and O–H groups in total. The number of rotatable bonds is 4. The third kappa shape index (κ3) is 5.91. The Bertz CT molecular complexity index is 947. The molecule has 0 spiro atoms. The number of aromatic nitrogens is 2. The zero-order valence-electron chi connectivity index (χ0n) is 17.0. The van der Waals surface area contributed by atoms with E-state index in [4.69, 9.17) is 5.21 Å². The fourth-order valence-corrected chi connectivity index (χ4v) is 3.12. The van der Waals surface area contributed by atoms with E-state index in [1.54, 1.807) is 23.5 Å². The van der Waals surface area contributed by atoms with Crippen LogP contribution in [-0.4, -0.2) is 75.4 Å². The average Bonchev–Trinajstić information content (AvgIpc) is 2.81. The highest BCUT2D eigenvalue weighted by Crippen LogP contribution is 2.17. The molecule has 162 valence electrons. The zero-order valence-corrected chi connectivity index (χ0v) is 17.0. The minimum absolute atomic E-state index is 0.452. The number of nitrogens with one attached hydrogen (secondary N) is 2. The molecule has 0 radical (unpaired) electrons. The van der Waals surface area contributed by atoms with Gasteiger partial charge in [0.05, 0.1) is 12.3 Å². The van der Waals surface area contributed by atoms with Gasteiger partial charge in [0.1, 0.15) is 11.7 Å². The smallest absolute Gasteiger partial charge is 0.318 e. The molecular formula is C21H24N6O4. The average molecular weight is 424 g/mol. The van der Waals surface area contributed by atoms with Gasteiger partial charge in [0.25, 0.3) is 5.91 Å². The Morgan fingerprint density at radius 3 is 2.39 bits per heavy atom. The largest absolute Gasteiger partial charge is 0.391 e. The fraction of sp³-hybridized carbons (Fsp3) is 0.333. The van der Waals surface area contributed by atoms with Crippen molar-refractivity contribution in [1.82, 2.24) is 25.7 Å². The quantitative estimate of drug-likeness (QED) is 0.308. The number of urea groups is 1. The number of nitrogens with zero attached hydrogens (tertiary/aromatic N) is 4. The van der Waals surface area contributed by atoms with Crippen molar-refractivity contribution < 1.29 is 19.9 Å². The number of piperazine rings is 1. The van der Waals surface area contributed by atoms with Gasteiger partial charge < -0.3 is 20.2 Å². The van der Waals surface area contributed by atoms with Crippen LogP contribution in [0.2, 0.25) is 0 Å². The number of carbonyl (C=O) groups is 2. The monoisotopic (exact) mass is 424 g/mol. The number of benzene rings is 1. The van der Waals surface area contributed by atoms with E-state index in [9.17, 15) is 14.7 Å². The highest BCUT2D eigenvalue weighted by molar-refractivity contribution is 5.87. The molecule has 0 bridgehead atoms. The van der Waals surface area contributed by atoms with E-state index < -0.39 is 24.1 Å². The fourth-order valence-electron chi connectivity index (χ4n) is 3.12. The molecule has 3 amide bonds. The summed E-state index contributed by atoms with van der Waals surface area (Å²) in [6.45, 7) is 3.49. The maximum Gasteiger partial charge on any atom is 0.318 e. The molecule has 3 rings (SSSR count). The van der Waals surface area contributed by atoms with Gasteiger partial charge in [-0.15, -0.1) is 0 Å². The Morgan fingerprint density at radius 2 is 1.81 bits per heavy atom. The summed E-state index contributed by atoms with van der Waals surface area (Å²) in [6.07, 6.45) is 3.66. The first kappa shape index (κ1) is 22.0. The summed E-state index contributed by atoms with van der Waals surface area (Å²) in [6, 6.07) is 6.11. The predicted octanol–water partition coefficient (Wildman–Crippen LogP) is -0.0372. The van der Waals surface area contributed by atoms with E-state index in [-0.39, 0.29) is 0 Å². The van der Waals surface area contributed by atoms with Gasteiger partial charge in [0, 0.05) is 49.8 Å². The van der Waals surface area contributed by atoms with Gasteiger partial charge in [-0.05, 0) is 37.1 Å². The Hall–Kier alpha value is -3.68. The third-order valence-electron chi connectivity index (χ3n) is 4.85. The maximum atomic E-state index is 12.4. The van der Waals surface area contributed by atoms with Gasteiger partial charge >= 0.3 is 6.03 Å². The van der Waals surface area contributed by atoms with E-state index in [0.29, 0.717) is 31.9 Å². The van der Waals surface area contributed by atoms with E-state index in [1.165, 1.54) is 12.4 Å². The van der Waals surface area contributed by atoms with Crippen LogP contribution in [0.25, 0.3) is 0 Å². The SMILES string of the molecule is C[C@@H](O)[C@H](NC(=O)N1CCN(c2ccc(C#Cc3cnccn3)cc2)CC1)C(=O)NO. The summed E-state index contributed by atoms with van der Waals surface area (Å²) in [5.74, 6) is 5.14. The number of hydrogen-bond acceptors (Lipinski definition) is 7. The number of hydroxylamine groups is 1. The number of hydrogen-bond donors (Lipinski definition) is 4. The lowest BCUT2D eigenvalue weighted by molar-refractivity contribution is -0.133. The summed E-state index contributed by atoms with van der Waals surface area (Å²) in [7, 11) is 0. The van der Waals surface area contributed by atoms with Crippen LogP contribution >= 0.6 is 0 Å². The van der Waals surface area contributed by atoms with Crippen molar-refractivity contribution in [1.29, 1.82) is 0 Å². The molecule has 2 atom stereocenters. The molecule has 0 saturated carbocycles. The number of carbonyl (C=O) groups excluding carboxylic acids is 2. The van der Waals surface area contributed by atoms with E-state index in [1.807, 2.05) is 24.3 Å². The summed E-state index contributed by atoms with van der Waals surface area (Å²) >= 11 is 0. The molecule has 1 aliphatic rings. The van der Waals surface area contributed by atoms with Crippen molar-refractivity contribution in [3.05, 3.63) is 54.1 Å². The Balaban J connectivity index is 1.54. The first-order chi connectivity index (χ1) is 15.0. The van der Waals surface area contributed by atoms with Crippen LogP contribution in [0.4, 0.5) is 10.5 Å². The highest BCUT2D eigenvalue weighted by Gasteiger charge is 2.29. The minimum atomic E-state index is -1.23. The van der Waals surface area contributed by atoms with E-state index >= 15 is 0 Å². The summed E-state index contributed by atoms with van der Waals surface area (Å²) in [5, 5.41) is 20.8. The van der Waals surface area contributed by atoms with Crippen LogP contribution < -0.4 is 15.7 Å². The van der Waals surface area contributed by atoms with Crippen molar-refractivity contribution in [2.75, 3.05) is 31.1 Å². The molecule has 10 nitrogen and oxygen atoms in total. The Morgan fingerprint density at radius 1 is 1.10 bits per heavy atom. The topological polar surface area (TPSA) is 131 Å². The zero-order chi connectivity index (χ0) is 22.2. The van der Waals surface area contributed by atoms with Gasteiger partial charge in [-0.2, -0.15) is 0 Å². The van der Waals surface area contributed by atoms with Gasteiger partial charge in [0.2, 0.25) is 0 Å². The third-order valence-corrected chi connectivity index (χ3v) is 4.85. The molecule has 2 aromatic rings. The summed E-state index contributed by atoms with van der Waals surface area (Å²) in [5.41, 5.74) is 3.94. The van der Waals surface area contributed by atoms with Crippen LogP contribution in [-0.2, 0) is 4.79 Å². The van der Waals surface area contributed by atoms with Gasteiger partial charge in [-0.3, -0.25) is 15.0 Å². The second kappa shape index (κ2) is 10.4. The lowest BCUT2D eigenvalue weighted by Gasteiger charge is -2.36. The molecule has 31 heavy (non-hydrogen) atoms. The molecule has 2 heterocycles. The maximum absolute atomic E-state index is 12.4. The predicted molar refractivity (Wildman–Crippen MR) is 112 cm³/mol. The van der Waals surface area contributed by atoms with Crippen molar-refractivity contribution in [2.24, 2.45) is 0 Å². The number of aliphatic hydroxyl groups excluding tert-OH is 1. The summed E-state index contributed by atoms with van der Waals surface area (Å²) < 4.78 is 0. The normalized spacial score (nSPS) is 15.3. The number of amides is 3. The molecule has 1 aromatic carbocycles. The van der Waals surface area contributed by atoms with E-state index in [0.717, 1.165) is 11.3 Å². The lowest BCUT2D eigenvalue weighted by atomic mass is 10.1. The van der Waals surface area contributed by atoms with Crippen LogP contribution in [0.15, 0.2) is 42.9 Å². The van der Waals surface area contributed by atoms with Crippen LogP contribution in [0, 0.1) is 11.8 Å². The minimum Gasteiger partial charge on any atom is -0.391 e. The van der Waals surface area contributed by atoms with Gasteiger partial charge in [-0.1, -0.05) is 5.92 Å². The lowest BCUT2D eigenvalue weighted by Crippen LogP contribution is -2.58. The van der Waals surface area contributed by atoms with Crippen molar-refractivity contribution in [3.63, 3.8) is 0 Å². The molecular weight excluding hydrogens is 400 g/mol. The second-order valence-corrected chi connectivity index (χ2v) is 7.01. The molecule has 1 aromatic heterocycles. The van der Waals surface area contributed by atoms with Crippen molar-refractivity contribution in [2.45, 2.75) is 19.1 Å². The second-order valence-electron chi connectivity index (χ2n) is 7.01. The molecule has 1 aliphatic heterocycles. The Kier molecular flexibility index (Phi) is 7.37. The summed E-state index contributed by atoms with van der Waals surface area (Å²) in [4.78, 5) is 35.8. The van der Waals surface area contributed by atoms with Gasteiger partial charge in [-0.25, -0.2) is 15.3 Å². The number of anilines is 1. The van der Waals surface area contributed by atoms with Crippen LogP contribution in [0.5, 0.6) is 0 Å². The first-order valence-electron chi connectivity index (χ1n) is 9.78. The van der Waals surface area contributed by atoms with Gasteiger partial charge in [0.15, 0.2) is 0 Å². The first-order valence-corrected chi connectivity index (χ1v) is 9.78. The standard InChI is InChI=1S/C21H24N6O4/c1-15(28)19(20(29)25-31)24-21(30)27-12-10-26(11-13-27)18-6-3-16(4-7-18)2-5-17-14-22-8-9-23-17/h3-4,6-9,14-15,19,28,31H,10-13H2,1H3,(H,24,30)(H,25,29)/t15-,19+/m1/s1. The molecule has 1 fully saturated rings.